The predicted molar refractivity (Wildman–Crippen MR) is 55.5 cm³/mol. The van der Waals surface area contributed by atoms with Crippen molar-refractivity contribution >= 4 is 11.6 Å². The molecule has 0 spiro atoms. The summed E-state index contributed by atoms with van der Waals surface area (Å²) in [5.41, 5.74) is 0. The minimum atomic E-state index is -0.750. The van der Waals surface area contributed by atoms with Gasteiger partial charge in [0.05, 0.1) is 0 Å². The Labute approximate surface area is 93.8 Å². The summed E-state index contributed by atoms with van der Waals surface area (Å²) in [5.74, 6) is 0. The van der Waals surface area contributed by atoms with E-state index in [1.165, 1.54) is 0 Å². The highest BCUT2D eigenvalue weighted by Crippen LogP contribution is 1.79. The quantitative estimate of drug-likeness (QED) is 0.679. The fraction of sp³-hybridized carbons (Fsp3) is 1.00. The molecule has 0 heterocycles. The Hall–Kier alpha value is -0.340. The molecule has 0 fully saturated rings. The molecule has 0 aromatic heterocycles. The molecule has 6 nitrogen and oxygen atoms in total. The molecule has 0 aliphatic rings. The average molecular weight is 244 g/mol. The minimum absolute atomic E-state index is 0.581. The Kier molecular flexibility index (Phi) is 25.8. The van der Waals surface area contributed by atoms with Gasteiger partial charge in [-0.3, -0.25) is 0 Å². The average Bonchev–Trinajstić information content (AvgIpc) is 2.05. The van der Waals surface area contributed by atoms with Crippen LogP contribution in [-0.4, -0.2) is 44.4 Å². The van der Waals surface area contributed by atoms with Gasteiger partial charge in [-0.25, -0.2) is 0 Å². The van der Waals surface area contributed by atoms with Crippen molar-refractivity contribution in [1.29, 1.82) is 0 Å². The van der Waals surface area contributed by atoms with Gasteiger partial charge in [0, 0.05) is 13.2 Å². The van der Waals surface area contributed by atoms with Gasteiger partial charge < -0.3 is 19.7 Å². The van der Waals surface area contributed by atoms with Crippen LogP contribution in [0.15, 0.2) is 0 Å². The van der Waals surface area contributed by atoms with Crippen LogP contribution >= 0.6 is 0 Å². The first kappa shape index (κ1) is 20.1. The highest BCUT2D eigenvalue weighted by molar-refractivity contribution is 7.51. The summed E-state index contributed by atoms with van der Waals surface area (Å²) in [6, 6.07) is 0. The van der Waals surface area contributed by atoms with Crippen LogP contribution in [0.1, 0.15) is 27.7 Å². The molecule has 0 aromatic rings. The van der Waals surface area contributed by atoms with Crippen molar-refractivity contribution < 1.29 is 28.1 Å². The van der Waals surface area contributed by atoms with Gasteiger partial charge in [0.1, 0.15) is 0 Å². The van der Waals surface area contributed by atoms with Crippen molar-refractivity contribution in [1.82, 2.24) is 0 Å². The van der Waals surface area contributed by atoms with E-state index in [4.69, 9.17) is 18.6 Å². The second-order valence-corrected chi connectivity index (χ2v) is 2.31. The second kappa shape index (κ2) is 19.3. The van der Waals surface area contributed by atoms with Gasteiger partial charge in [-0.1, -0.05) is 0 Å². The molecular formula is C8H20O6S. The first-order valence-corrected chi connectivity index (χ1v) is 5.13. The Morgan fingerprint density at radius 3 is 1.20 bits per heavy atom. The summed E-state index contributed by atoms with van der Waals surface area (Å²) in [6.45, 7) is 8.02. The van der Waals surface area contributed by atoms with E-state index in [0.29, 0.717) is 13.2 Å². The van der Waals surface area contributed by atoms with Crippen LogP contribution in [0.5, 0.6) is 0 Å². The molecule has 2 atom stereocenters. The van der Waals surface area contributed by atoms with Crippen LogP contribution < -0.4 is 0 Å². The summed E-state index contributed by atoms with van der Waals surface area (Å²) in [7, 11) is 0. The first-order valence-electron chi connectivity index (χ1n) is 4.47. The molecule has 0 aromatic carbocycles. The van der Waals surface area contributed by atoms with Gasteiger partial charge in [0.2, 0.25) is 0 Å². The number of rotatable bonds is 4. The second-order valence-electron chi connectivity index (χ2n) is 2.18. The zero-order valence-corrected chi connectivity index (χ0v) is 10.3. The molecular weight excluding hydrogens is 224 g/mol. The minimum Gasteiger partial charge on any atom is -0.368 e. The van der Waals surface area contributed by atoms with Crippen molar-refractivity contribution in [3.05, 3.63) is 0 Å². The van der Waals surface area contributed by atoms with Crippen LogP contribution in [-0.2, 0) is 21.0 Å². The number of hydrogen-bond acceptors (Lipinski definition) is 6. The molecule has 0 aliphatic carbocycles. The molecule has 94 valence electrons. The van der Waals surface area contributed by atoms with E-state index in [2.05, 4.69) is 9.47 Å². The molecule has 0 rings (SSSR count). The Morgan fingerprint density at radius 1 is 1.00 bits per heavy atom. The third kappa shape index (κ3) is 58.0. The number of hydrogen-bond donors (Lipinski definition) is 2. The van der Waals surface area contributed by atoms with Crippen molar-refractivity contribution in [2.75, 3.05) is 13.2 Å². The van der Waals surface area contributed by atoms with E-state index in [1.54, 1.807) is 13.8 Å². The molecule has 2 unspecified atom stereocenters. The smallest absolute Gasteiger partial charge is 0.335 e. The van der Waals surface area contributed by atoms with Gasteiger partial charge in [-0.05, 0) is 27.7 Å². The van der Waals surface area contributed by atoms with E-state index in [9.17, 15) is 0 Å². The lowest BCUT2D eigenvalue weighted by Crippen LogP contribution is -2.04. The highest BCUT2D eigenvalue weighted by atomic mass is 32.1. The van der Waals surface area contributed by atoms with Crippen LogP contribution in [0.2, 0.25) is 0 Å². The Bertz CT molecular complexity index is 123. The maximum atomic E-state index is 8.33. The molecule has 0 saturated heterocycles. The van der Waals surface area contributed by atoms with Crippen molar-refractivity contribution in [3.63, 3.8) is 0 Å². The molecule has 0 radical (unpaired) electrons. The predicted octanol–water partition coefficient (Wildman–Crippen LogP) is 0.0522. The number of ether oxygens (including phenoxy) is 2. The summed E-state index contributed by atoms with van der Waals surface area (Å²) in [5, 5.41) is 16.7. The van der Waals surface area contributed by atoms with E-state index >= 15 is 0 Å². The van der Waals surface area contributed by atoms with Crippen LogP contribution in [0.25, 0.3) is 0 Å². The van der Waals surface area contributed by atoms with Gasteiger partial charge in [0.15, 0.2) is 12.6 Å². The summed E-state index contributed by atoms with van der Waals surface area (Å²) in [6.07, 6.45) is -1.20. The molecule has 2 N–H and O–H groups in total. The van der Waals surface area contributed by atoms with E-state index in [0.717, 1.165) is 0 Å². The molecule has 15 heavy (non-hydrogen) atoms. The van der Waals surface area contributed by atoms with Gasteiger partial charge in [-0.2, -0.15) is 8.42 Å². The lowest BCUT2D eigenvalue weighted by molar-refractivity contribution is -0.0805. The van der Waals surface area contributed by atoms with Crippen molar-refractivity contribution in [2.45, 2.75) is 40.3 Å². The van der Waals surface area contributed by atoms with Crippen LogP contribution in [0.3, 0.4) is 0 Å². The summed E-state index contributed by atoms with van der Waals surface area (Å²) >= 11 is -0.750. The topological polar surface area (TPSA) is 93.1 Å². The third-order valence-electron chi connectivity index (χ3n) is 0.816. The highest BCUT2D eigenvalue weighted by Gasteiger charge is 1.85. The molecule has 0 bridgehead atoms. The van der Waals surface area contributed by atoms with Gasteiger partial charge in [0.25, 0.3) is 0 Å². The van der Waals surface area contributed by atoms with Gasteiger partial charge >= 0.3 is 11.6 Å². The monoisotopic (exact) mass is 244 g/mol. The van der Waals surface area contributed by atoms with E-state index in [1.807, 2.05) is 13.8 Å². The first-order chi connectivity index (χ1) is 6.95. The Morgan fingerprint density at radius 2 is 1.20 bits per heavy atom. The number of aliphatic hydroxyl groups excluding tert-OH is 2. The summed E-state index contributed by atoms with van der Waals surface area (Å²) < 4.78 is 25.8. The number of aliphatic hydroxyl groups is 2. The zero-order chi connectivity index (χ0) is 12.7. The normalized spacial score (nSPS) is 12.4. The Balaban J connectivity index is -0.000000153. The molecule has 7 heteroatoms. The van der Waals surface area contributed by atoms with Crippen LogP contribution in [0.4, 0.5) is 0 Å². The molecule has 0 amide bonds. The zero-order valence-electron chi connectivity index (χ0n) is 9.50. The van der Waals surface area contributed by atoms with Gasteiger partial charge in [-0.15, -0.1) is 0 Å². The maximum absolute atomic E-state index is 8.33. The fourth-order valence-electron chi connectivity index (χ4n) is 0.482. The molecule has 0 saturated carbocycles. The molecule has 0 aliphatic heterocycles. The maximum Gasteiger partial charge on any atom is 0.335 e. The largest absolute Gasteiger partial charge is 0.368 e. The lowest BCUT2D eigenvalue weighted by atomic mass is 10.7. The third-order valence-corrected chi connectivity index (χ3v) is 0.816. The fourth-order valence-corrected chi connectivity index (χ4v) is 0.482. The standard InChI is InChI=1S/2C4H10O2.O2S/c2*1-3-6-4(2)5;1-3-2/h2*4-5H,3H2,1-2H3;. The lowest BCUT2D eigenvalue weighted by Gasteiger charge is -1.99. The van der Waals surface area contributed by atoms with E-state index < -0.39 is 24.2 Å². The van der Waals surface area contributed by atoms with Crippen molar-refractivity contribution in [2.24, 2.45) is 0 Å². The van der Waals surface area contributed by atoms with Crippen LogP contribution in [0, 0.1) is 0 Å². The SMILES string of the molecule is CCOC(C)O.CCOC(C)O.O=S=O. The van der Waals surface area contributed by atoms with E-state index in [-0.39, 0.29) is 0 Å². The van der Waals surface area contributed by atoms with Crippen molar-refractivity contribution in [3.8, 4) is 0 Å². The summed E-state index contributed by atoms with van der Waals surface area (Å²) in [4.78, 5) is 0.